The van der Waals surface area contributed by atoms with Crippen molar-refractivity contribution in [3.8, 4) is 0 Å². The average Bonchev–Trinajstić information content (AvgIpc) is 2.48. The Morgan fingerprint density at radius 3 is 3.08 bits per heavy atom. The van der Waals surface area contributed by atoms with Gasteiger partial charge in [0.1, 0.15) is 0 Å². The van der Waals surface area contributed by atoms with Crippen molar-refractivity contribution in [1.29, 1.82) is 0 Å². The third-order valence-electron chi connectivity index (χ3n) is 1.29. The summed E-state index contributed by atoms with van der Waals surface area (Å²) < 4.78 is 0. The number of nitro groups is 1. The van der Waals surface area contributed by atoms with Gasteiger partial charge in [-0.2, -0.15) is 0 Å². The molecule has 62 valence electrons. The van der Waals surface area contributed by atoms with E-state index in [2.05, 4.69) is 15.0 Å². The topological polar surface area (TPSA) is 76.2 Å². The van der Waals surface area contributed by atoms with Crippen LogP contribution in [0.5, 0.6) is 0 Å². The molecule has 0 aliphatic heterocycles. The van der Waals surface area contributed by atoms with Crippen molar-refractivity contribution in [2.75, 3.05) is 6.54 Å². The molecule has 12 heavy (non-hydrogen) atoms. The Hall–Kier alpha value is -1.90. The Morgan fingerprint density at radius 1 is 1.83 bits per heavy atom. The molecule has 0 aliphatic rings. The molecule has 0 atom stereocenters. The van der Waals surface area contributed by atoms with Gasteiger partial charge in [0.05, 0.1) is 18.2 Å². The summed E-state index contributed by atoms with van der Waals surface area (Å²) in [5.74, 6) is -0.130. The molecule has 0 saturated heterocycles. The molecule has 0 saturated carbocycles. The van der Waals surface area contributed by atoms with Gasteiger partial charge in [0.25, 0.3) is 0 Å². The fraction of sp³-hybridized carbons (Fsp3) is 0.333. The van der Waals surface area contributed by atoms with Gasteiger partial charge in [-0.3, -0.25) is 0 Å². The van der Waals surface area contributed by atoms with Crippen LogP contribution in [0.4, 0.5) is 5.82 Å². The summed E-state index contributed by atoms with van der Waals surface area (Å²) in [6.45, 7) is 6.80. The summed E-state index contributed by atoms with van der Waals surface area (Å²) >= 11 is 0. The molecule has 0 aromatic carbocycles. The van der Waals surface area contributed by atoms with E-state index in [4.69, 9.17) is 6.57 Å². The van der Waals surface area contributed by atoms with E-state index in [9.17, 15) is 10.1 Å². The first kappa shape index (κ1) is 8.20. The zero-order valence-electron chi connectivity index (χ0n) is 6.15. The number of aromatic amines is 1. The molecule has 6 nitrogen and oxygen atoms in total. The van der Waals surface area contributed by atoms with E-state index >= 15 is 0 Å². The number of hydrogen-bond acceptors (Lipinski definition) is 3. The van der Waals surface area contributed by atoms with Crippen LogP contribution >= 0.6 is 0 Å². The zero-order chi connectivity index (χ0) is 8.97. The number of nitrogens with zero attached hydrogens (tertiary/aromatic N) is 3. The van der Waals surface area contributed by atoms with Crippen LogP contribution in [0.15, 0.2) is 6.07 Å². The molecule has 1 aromatic rings. The molecule has 1 N–H and O–H groups in total. The monoisotopic (exact) mass is 166 g/mol. The molecule has 6 heteroatoms. The van der Waals surface area contributed by atoms with Gasteiger partial charge >= 0.3 is 5.82 Å². The van der Waals surface area contributed by atoms with E-state index in [0.717, 1.165) is 0 Å². The lowest BCUT2D eigenvalue weighted by atomic mass is 10.3. The second kappa shape index (κ2) is 3.48. The maximum atomic E-state index is 10.2. The van der Waals surface area contributed by atoms with Gasteiger partial charge in [0.15, 0.2) is 0 Å². The summed E-state index contributed by atoms with van der Waals surface area (Å²) in [6, 6.07) is 1.34. The lowest BCUT2D eigenvalue weighted by Crippen LogP contribution is -1.86. The molecule has 0 aliphatic carbocycles. The fourth-order valence-electron chi connectivity index (χ4n) is 0.743. The Balaban J connectivity index is 2.66. The highest BCUT2D eigenvalue weighted by molar-refractivity contribution is 5.20. The second-order valence-electron chi connectivity index (χ2n) is 2.13. The number of H-pyrrole nitrogens is 1. The van der Waals surface area contributed by atoms with Crippen LogP contribution in [0.25, 0.3) is 4.85 Å². The zero-order valence-corrected chi connectivity index (χ0v) is 6.15. The Labute approximate surface area is 68.2 Å². The Kier molecular flexibility index (Phi) is 2.38. The summed E-state index contributed by atoms with van der Waals surface area (Å²) in [5, 5.41) is 16.1. The van der Waals surface area contributed by atoms with Gasteiger partial charge < -0.3 is 15.0 Å². The average molecular weight is 166 g/mol. The largest absolute Gasteiger partial charge is 0.358 e. The van der Waals surface area contributed by atoms with E-state index in [1.54, 1.807) is 0 Å². The Morgan fingerprint density at radius 2 is 2.58 bits per heavy atom. The molecule has 0 unspecified atom stereocenters. The van der Waals surface area contributed by atoms with E-state index in [0.29, 0.717) is 18.7 Å². The highest BCUT2D eigenvalue weighted by atomic mass is 16.6. The predicted molar refractivity (Wildman–Crippen MR) is 40.4 cm³/mol. The van der Waals surface area contributed by atoms with Crippen LogP contribution in [0.1, 0.15) is 5.69 Å². The van der Waals surface area contributed by atoms with Crippen molar-refractivity contribution in [3.05, 3.63) is 33.3 Å². The van der Waals surface area contributed by atoms with Crippen molar-refractivity contribution in [2.24, 2.45) is 0 Å². The summed E-state index contributed by atoms with van der Waals surface area (Å²) in [5.41, 5.74) is 0.553. The lowest BCUT2D eigenvalue weighted by Gasteiger charge is -1.84. The first-order valence-electron chi connectivity index (χ1n) is 3.26. The minimum atomic E-state index is -0.547. The van der Waals surface area contributed by atoms with Crippen molar-refractivity contribution in [2.45, 2.75) is 6.42 Å². The second-order valence-corrected chi connectivity index (χ2v) is 2.13. The molecule has 0 radical (unpaired) electrons. The summed E-state index contributed by atoms with van der Waals surface area (Å²) in [4.78, 5) is 12.7. The van der Waals surface area contributed by atoms with Gasteiger partial charge in [-0.1, -0.05) is 5.10 Å². The van der Waals surface area contributed by atoms with Crippen LogP contribution in [0.3, 0.4) is 0 Å². The summed E-state index contributed by atoms with van der Waals surface area (Å²) in [6.07, 6.45) is 0.452. The van der Waals surface area contributed by atoms with Crippen molar-refractivity contribution in [3.63, 3.8) is 0 Å². The maximum absolute atomic E-state index is 10.2. The predicted octanol–water partition coefficient (Wildman–Crippen LogP) is 0.780. The van der Waals surface area contributed by atoms with E-state index in [-0.39, 0.29) is 5.82 Å². The van der Waals surface area contributed by atoms with Crippen LogP contribution in [-0.4, -0.2) is 21.7 Å². The van der Waals surface area contributed by atoms with Gasteiger partial charge in [-0.05, 0) is 4.92 Å². The van der Waals surface area contributed by atoms with Crippen LogP contribution in [0, 0.1) is 16.7 Å². The van der Waals surface area contributed by atoms with E-state index in [1.807, 2.05) is 0 Å². The molecule has 0 amide bonds. The third-order valence-corrected chi connectivity index (χ3v) is 1.29. The smallest absolute Gasteiger partial charge is 0.342 e. The van der Waals surface area contributed by atoms with Crippen molar-refractivity contribution >= 4 is 5.82 Å². The molecule has 0 bridgehead atoms. The Bertz CT molecular complexity index is 325. The minimum Gasteiger partial charge on any atom is -0.358 e. The molecule has 0 spiro atoms. The van der Waals surface area contributed by atoms with Crippen molar-refractivity contribution < 1.29 is 4.92 Å². The molecular weight excluding hydrogens is 160 g/mol. The molecule has 1 heterocycles. The molecule has 1 rings (SSSR count). The van der Waals surface area contributed by atoms with Crippen LogP contribution < -0.4 is 0 Å². The highest BCUT2D eigenvalue weighted by Crippen LogP contribution is 2.07. The van der Waals surface area contributed by atoms with Crippen LogP contribution in [-0.2, 0) is 6.42 Å². The lowest BCUT2D eigenvalue weighted by molar-refractivity contribution is -0.389. The quantitative estimate of drug-likeness (QED) is 0.409. The molecule has 1 aromatic heterocycles. The van der Waals surface area contributed by atoms with E-state index in [1.165, 1.54) is 6.07 Å². The van der Waals surface area contributed by atoms with Gasteiger partial charge in [0, 0.05) is 0 Å². The standard InChI is InChI=1S/C6H6N4O2/c1-7-3-2-5-4-6(9-8-5)10(11)12/h4H,2-3H2,(H,8,9). The first-order valence-corrected chi connectivity index (χ1v) is 3.26. The molecule has 0 fully saturated rings. The summed E-state index contributed by atoms with van der Waals surface area (Å²) in [7, 11) is 0. The SMILES string of the molecule is [C-]#[N+]CCc1cc([N+](=O)[O-])[nH]n1. The fourth-order valence-corrected chi connectivity index (χ4v) is 0.743. The molecular formula is C6H6N4O2. The van der Waals surface area contributed by atoms with Gasteiger partial charge in [-0.25, -0.2) is 6.57 Å². The number of aromatic nitrogens is 2. The minimum absolute atomic E-state index is 0.130. The van der Waals surface area contributed by atoms with Gasteiger partial charge in [0.2, 0.25) is 6.54 Å². The maximum Gasteiger partial charge on any atom is 0.342 e. The highest BCUT2D eigenvalue weighted by Gasteiger charge is 2.09. The van der Waals surface area contributed by atoms with E-state index < -0.39 is 4.92 Å². The number of hydrogen-bond donors (Lipinski definition) is 1. The van der Waals surface area contributed by atoms with Crippen LogP contribution in [0.2, 0.25) is 0 Å². The first-order chi connectivity index (χ1) is 5.74. The third kappa shape index (κ3) is 1.79. The number of nitrogens with one attached hydrogen (secondary N) is 1. The number of rotatable bonds is 3. The normalized spacial score (nSPS) is 9.25. The van der Waals surface area contributed by atoms with Crippen molar-refractivity contribution in [1.82, 2.24) is 10.2 Å². The van der Waals surface area contributed by atoms with Gasteiger partial charge in [-0.15, -0.1) is 5.10 Å².